The minimum atomic E-state index is -0.288. The zero-order valence-electron chi connectivity index (χ0n) is 13.2. The van der Waals surface area contributed by atoms with Crippen LogP contribution in [0.4, 0.5) is 5.82 Å². The van der Waals surface area contributed by atoms with Crippen LogP contribution in [0, 0.1) is 0 Å². The summed E-state index contributed by atoms with van der Waals surface area (Å²) in [6.07, 6.45) is 1.29. The molecule has 0 radical (unpaired) electrons. The van der Waals surface area contributed by atoms with E-state index < -0.39 is 0 Å². The number of fused-ring (bicyclic) bond motifs is 1. The normalized spacial score (nSPS) is 22.5. The first-order chi connectivity index (χ1) is 12.2. The van der Waals surface area contributed by atoms with Crippen LogP contribution in [0.2, 0.25) is 0 Å². The van der Waals surface area contributed by atoms with Gasteiger partial charge in [0.25, 0.3) is 5.56 Å². The Balaban J connectivity index is 1.66. The highest BCUT2D eigenvalue weighted by Crippen LogP contribution is 2.47. The number of aromatic amines is 2. The summed E-state index contributed by atoms with van der Waals surface area (Å²) in [5, 5.41) is 15.0. The largest absolute Gasteiger partial charge is 0.343 e. The van der Waals surface area contributed by atoms with Crippen LogP contribution in [-0.4, -0.2) is 16.0 Å². The molecule has 25 heavy (non-hydrogen) atoms. The molecule has 0 fully saturated rings. The Morgan fingerprint density at radius 2 is 2.00 bits per heavy atom. The summed E-state index contributed by atoms with van der Waals surface area (Å²) in [6.45, 7) is 0. The molecule has 126 valence electrons. The lowest BCUT2D eigenvalue weighted by Gasteiger charge is -2.33. The highest BCUT2D eigenvalue weighted by molar-refractivity contribution is 7.10. The monoisotopic (exact) mass is 369 g/mol. The second-order valence-corrected chi connectivity index (χ2v) is 8.18. The van der Waals surface area contributed by atoms with Crippen molar-refractivity contribution in [1.82, 2.24) is 10.2 Å². The van der Waals surface area contributed by atoms with Crippen molar-refractivity contribution < 1.29 is 4.79 Å². The lowest BCUT2D eigenvalue weighted by Crippen LogP contribution is -2.31. The van der Waals surface area contributed by atoms with Gasteiger partial charge in [-0.15, -0.1) is 11.3 Å². The van der Waals surface area contributed by atoms with E-state index in [4.69, 9.17) is 0 Å². The van der Waals surface area contributed by atoms with Crippen LogP contribution in [0.5, 0.6) is 0 Å². The van der Waals surface area contributed by atoms with Gasteiger partial charge in [0.15, 0.2) is 5.78 Å². The lowest BCUT2D eigenvalue weighted by molar-refractivity contribution is -0.116. The summed E-state index contributed by atoms with van der Waals surface area (Å²) in [7, 11) is 0. The summed E-state index contributed by atoms with van der Waals surface area (Å²) in [4.78, 5) is 26.7. The van der Waals surface area contributed by atoms with Crippen molar-refractivity contribution in [3.8, 4) is 0 Å². The van der Waals surface area contributed by atoms with Gasteiger partial charge in [-0.3, -0.25) is 19.8 Å². The van der Waals surface area contributed by atoms with Crippen molar-refractivity contribution in [2.45, 2.75) is 24.7 Å². The third-order valence-electron chi connectivity index (χ3n) is 5.00. The average Bonchev–Trinajstić information content (AvgIpc) is 3.36. The number of H-pyrrole nitrogens is 2. The van der Waals surface area contributed by atoms with Crippen molar-refractivity contribution in [2.24, 2.45) is 0 Å². The Morgan fingerprint density at radius 3 is 2.76 bits per heavy atom. The SMILES string of the molecule is O=C1C[C@@H](c2cccs2)CC2=C1[C@H](c1ccsc1)c1c([nH][nH]c1=O)N2. The number of allylic oxidation sites excluding steroid dienone is 2. The predicted molar refractivity (Wildman–Crippen MR) is 99.5 cm³/mol. The van der Waals surface area contributed by atoms with Gasteiger partial charge >= 0.3 is 0 Å². The topological polar surface area (TPSA) is 77.8 Å². The number of carbonyl (C=O) groups is 1. The van der Waals surface area contributed by atoms with Crippen LogP contribution in [-0.2, 0) is 4.79 Å². The molecule has 0 aromatic carbocycles. The standard InChI is InChI=1S/C18H15N3O2S2/c22-12-7-10(13-2-1-4-25-13)6-11-15(12)14(9-3-5-24-8-9)16-17(19-11)20-21-18(16)23/h1-5,8,10,14H,6-7H2,(H3,19,20,21,23)/t10-,14-/m0/s1. The first-order valence-electron chi connectivity index (χ1n) is 8.11. The molecule has 5 nitrogen and oxygen atoms in total. The average molecular weight is 369 g/mol. The zero-order valence-corrected chi connectivity index (χ0v) is 14.8. The Bertz CT molecular complexity index is 1030. The molecule has 2 aliphatic rings. The predicted octanol–water partition coefficient (Wildman–Crippen LogP) is 3.78. The van der Waals surface area contributed by atoms with Gasteiger partial charge < -0.3 is 5.32 Å². The molecule has 2 atom stereocenters. The van der Waals surface area contributed by atoms with Gasteiger partial charge in [-0.25, -0.2) is 0 Å². The quantitative estimate of drug-likeness (QED) is 0.643. The molecule has 0 unspecified atom stereocenters. The van der Waals surface area contributed by atoms with E-state index in [0.717, 1.165) is 23.3 Å². The number of carbonyl (C=O) groups excluding carboxylic acids is 1. The minimum absolute atomic E-state index is 0.134. The number of aromatic nitrogens is 2. The third-order valence-corrected chi connectivity index (χ3v) is 6.73. The number of ketones is 1. The van der Waals surface area contributed by atoms with Crippen molar-refractivity contribution in [3.63, 3.8) is 0 Å². The highest BCUT2D eigenvalue weighted by atomic mass is 32.1. The van der Waals surface area contributed by atoms with E-state index in [1.807, 2.05) is 28.3 Å². The third kappa shape index (κ3) is 2.26. The van der Waals surface area contributed by atoms with Crippen molar-refractivity contribution in [3.05, 3.63) is 72.0 Å². The second-order valence-electron chi connectivity index (χ2n) is 6.42. The van der Waals surface area contributed by atoms with Crippen LogP contribution in [0.15, 0.2) is 50.4 Å². The molecule has 3 aromatic heterocycles. The van der Waals surface area contributed by atoms with Gasteiger partial charge in [-0.1, -0.05) is 6.07 Å². The van der Waals surface area contributed by atoms with Crippen LogP contribution in [0.1, 0.15) is 40.7 Å². The minimum Gasteiger partial charge on any atom is -0.343 e. The lowest BCUT2D eigenvalue weighted by atomic mass is 9.74. The molecule has 5 rings (SSSR count). The fourth-order valence-electron chi connectivity index (χ4n) is 3.92. The maximum absolute atomic E-state index is 13.1. The smallest absolute Gasteiger partial charge is 0.270 e. The van der Waals surface area contributed by atoms with Crippen LogP contribution in [0.25, 0.3) is 0 Å². The molecule has 3 aromatic rings. The molecular formula is C18H15N3O2S2. The summed E-state index contributed by atoms with van der Waals surface area (Å²) >= 11 is 3.27. The number of thiophene rings is 2. The second kappa shape index (κ2) is 5.57. The molecule has 0 bridgehead atoms. The maximum Gasteiger partial charge on any atom is 0.270 e. The van der Waals surface area contributed by atoms with Crippen molar-refractivity contribution in [2.75, 3.05) is 5.32 Å². The molecule has 1 aliphatic carbocycles. The molecule has 1 aliphatic heterocycles. The summed E-state index contributed by atoms with van der Waals surface area (Å²) in [5.74, 6) is 0.729. The highest BCUT2D eigenvalue weighted by Gasteiger charge is 2.40. The molecule has 4 heterocycles. The Morgan fingerprint density at radius 1 is 1.08 bits per heavy atom. The van der Waals surface area contributed by atoms with E-state index in [1.165, 1.54) is 4.88 Å². The van der Waals surface area contributed by atoms with E-state index in [1.54, 1.807) is 22.7 Å². The first kappa shape index (κ1) is 14.9. The number of nitrogens with one attached hydrogen (secondary N) is 3. The van der Waals surface area contributed by atoms with Gasteiger partial charge in [-0.2, -0.15) is 11.3 Å². The van der Waals surface area contributed by atoms with Gasteiger partial charge in [0.2, 0.25) is 0 Å². The Labute approximate surface area is 151 Å². The van der Waals surface area contributed by atoms with Crippen molar-refractivity contribution in [1.29, 1.82) is 0 Å². The van der Waals surface area contributed by atoms with Gasteiger partial charge in [0.05, 0.1) is 5.56 Å². The molecular weight excluding hydrogens is 354 g/mol. The molecule has 0 saturated heterocycles. The van der Waals surface area contributed by atoms with E-state index in [0.29, 0.717) is 17.8 Å². The number of rotatable bonds is 2. The fraction of sp³-hybridized carbons (Fsp3) is 0.222. The van der Waals surface area contributed by atoms with E-state index >= 15 is 0 Å². The molecule has 7 heteroatoms. The van der Waals surface area contributed by atoms with Gasteiger partial charge in [0, 0.05) is 34.4 Å². The van der Waals surface area contributed by atoms with Crippen molar-refractivity contribution >= 4 is 34.3 Å². The van der Waals surface area contributed by atoms with Crippen LogP contribution >= 0.6 is 22.7 Å². The summed E-state index contributed by atoms with van der Waals surface area (Å²) in [5.41, 5.74) is 3.14. The van der Waals surface area contributed by atoms with E-state index in [-0.39, 0.29) is 23.2 Å². The number of hydrogen-bond donors (Lipinski definition) is 3. The number of Topliss-reactive ketones (excluding diaryl/α,β-unsaturated/α-hetero) is 1. The maximum atomic E-state index is 13.1. The zero-order chi connectivity index (χ0) is 17.0. The molecule has 0 saturated carbocycles. The number of hydrogen-bond acceptors (Lipinski definition) is 5. The Kier molecular flexibility index (Phi) is 3.33. The first-order valence-corrected chi connectivity index (χ1v) is 9.94. The van der Waals surface area contributed by atoms with E-state index in [2.05, 4.69) is 21.6 Å². The van der Waals surface area contributed by atoms with E-state index in [9.17, 15) is 9.59 Å². The molecule has 0 amide bonds. The van der Waals surface area contributed by atoms with Gasteiger partial charge in [-0.05, 0) is 40.3 Å². The molecule has 0 spiro atoms. The summed E-state index contributed by atoms with van der Waals surface area (Å²) in [6, 6.07) is 6.12. The Hall–Kier alpha value is -2.38. The van der Waals surface area contributed by atoms with Crippen LogP contribution in [0.3, 0.4) is 0 Å². The summed E-state index contributed by atoms with van der Waals surface area (Å²) < 4.78 is 0. The fourth-order valence-corrected chi connectivity index (χ4v) is 5.43. The van der Waals surface area contributed by atoms with Crippen LogP contribution < -0.4 is 10.9 Å². The molecule has 3 N–H and O–H groups in total. The number of anilines is 1. The van der Waals surface area contributed by atoms with Gasteiger partial charge in [0.1, 0.15) is 5.82 Å².